The first-order valence-electron chi connectivity index (χ1n) is 9.65. The van der Waals surface area contributed by atoms with Gasteiger partial charge in [0.25, 0.3) is 0 Å². The second-order valence-electron chi connectivity index (χ2n) is 7.05. The van der Waals surface area contributed by atoms with Crippen LogP contribution in [0.1, 0.15) is 0 Å². The Morgan fingerprint density at radius 1 is 1.07 bits per heavy atom. The minimum absolute atomic E-state index is 0.195. The number of hydrogen-bond acceptors (Lipinski definition) is 5. The van der Waals surface area contributed by atoms with Crippen LogP contribution in [0, 0.1) is 0 Å². The number of hydrogen-bond donors (Lipinski definition) is 1. The summed E-state index contributed by atoms with van der Waals surface area (Å²) in [6.07, 6.45) is 0. The maximum atomic E-state index is 12.8. The van der Waals surface area contributed by atoms with E-state index in [0.29, 0.717) is 48.4 Å². The number of aryl methyl sites for hydroxylation is 1. The second kappa shape index (κ2) is 8.31. The number of fused-ring (bicyclic) bond motifs is 1. The molecule has 9 heteroatoms. The number of aromatic nitrogens is 2. The van der Waals surface area contributed by atoms with E-state index in [4.69, 9.17) is 26.1 Å². The van der Waals surface area contributed by atoms with Gasteiger partial charge in [0, 0.05) is 39.3 Å². The monoisotopic (exact) mass is 429 g/mol. The third kappa shape index (κ3) is 3.70. The van der Waals surface area contributed by atoms with Crippen LogP contribution in [0.3, 0.4) is 0 Å². The summed E-state index contributed by atoms with van der Waals surface area (Å²) in [7, 11) is 5.08. The highest BCUT2D eigenvalue weighted by Crippen LogP contribution is 2.36. The molecule has 0 unspecified atom stereocenters. The molecule has 8 nitrogen and oxygen atoms in total. The molecule has 1 N–H and O–H groups in total. The molecule has 0 atom stereocenters. The lowest BCUT2D eigenvalue weighted by atomic mass is 10.2. The van der Waals surface area contributed by atoms with Gasteiger partial charge in [-0.25, -0.2) is 9.78 Å². The van der Waals surface area contributed by atoms with E-state index in [1.807, 2.05) is 25.2 Å². The predicted octanol–water partition coefficient (Wildman–Crippen LogP) is 3.60. The van der Waals surface area contributed by atoms with Crippen LogP contribution in [0.2, 0.25) is 5.02 Å². The van der Waals surface area contributed by atoms with Gasteiger partial charge in [-0.2, -0.15) is 0 Å². The number of ether oxygens (including phenoxy) is 2. The number of benzene rings is 2. The maximum absolute atomic E-state index is 12.8. The molecule has 2 amide bonds. The quantitative estimate of drug-likeness (QED) is 0.686. The number of urea groups is 1. The van der Waals surface area contributed by atoms with Crippen molar-refractivity contribution >= 4 is 40.3 Å². The first-order valence-corrected chi connectivity index (χ1v) is 10.0. The predicted molar refractivity (Wildman–Crippen MR) is 118 cm³/mol. The van der Waals surface area contributed by atoms with Crippen LogP contribution >= 0.6 is 11.6 Å². The van der Waals surface area contributed by atoms with Crippen molar-refractivity contribution in [3.8, 4) is 11.5 Å². The number of nitrogens with one attached hydrogen (secondary N) is 1. The zero-order valence-corrected chi connectivity index (χ0v) is 17.9. The molecule has 2 heterocycles. The van der Waals surface area contributed by atoms with E-state index in [9.17, 15) is 4.79 Å². The van der Waals surface area contributed by atoms with Crippen molar-refractivity contribution in [2.75, 3.05) is 50.6 Å². The highest BCUT2D eigenvalue weighted by Gasteiger charge is 2.25. The fourth-order valence-corrected chi connectivity index (χ4v) is 3.92. The molecule has 2 aromatic carbocycles. The van der Waals surface area contributed by atoms with Gasteiger partial charge in [0.2, 0.25) is 5.95 Å². The molecule has 158 valence electrons. The fraction of sp³-hybridized carbons (Fsp3) is 0.333. The van der Waals surface area contributed by atoms with Crippen LogP contribution in [-0.4, -0.2) is 60.9 Å². The lowest BCUT2D eigenvalue weighted by molar-refractivity contribution is 0.207. The average Bonchev–Trinajstić information content (AvgIpc) is 3.11. The van der Waals surface area contributed by atoms with Crippen LogP contribution in [0.4, 0.5) is 16.4 Å². The lowest BCUT2D eigenvalue weighted by Gasteiger charge is -2.35. The standard InChI is InChI=1S/C21H24ClN5O3/c1-25-17-7-5-4-6-15(17)23-20(25)26-8-10-27(11-9-26)21(28)24-16-12-14(22)18(29-2)13-19(16)30-3/h4-7,12-13H,8-11H2,1-3H3,(H,24,28). The summed E-state index contributed by atoms with van der Waals surface area (Å²) in [4.78, 5) is 21.5. The van der Waals surface area contributed by atoms with Crippen molar-refractivity contribution in [2.45, 2.75) is 0 Å². The topological polar surface area (TPSA) is 71.9 Å². The smallest absolute Gasteiger partial charge is 0.322 e. The van der Waals surface area contributed by atoms with Crippen molar-refractivity contribution in [2.24, 2.45) is 7.05 Å². The molecule has 30 heavy (non-hydrogen) atoms. The lowest BCUT2D eigenvalue weighted by Crippen LogP contribution is -2.50. The summed E-state index contributed by atoms with van der Waals surface area (Å²) in [6.45, 7) is 2.57. The van der Waals surface area contributed by atoms with Crippen molar-refractivity contribution < 1.29 is 14.3 Å². The highest BCUT2D eigenvalue weighted by molar-refractivity contribution is 6.32. The zero-order chi connectivity index (χ0) is 21.3. The Bertz CT molecular complexity index is 1080. The van der Waals surface area contributed by atoms with Crippen molar-refractivity contribution in [3.63, 3.8) is 0 Å². The normalized spacial score (nSPS) is 14.1. The van der Waals surface area contributed by atoms with Crippen LogP contribution in [0.25, 0.3) is 11.0 Å². The van der Waals surface area contributed by atoms with Gasteiger partial charge < -0.3 is 29.2 Å². The number of nitrogens with zero attached hydrogens (tertiary/aromatic N) is 4. The Balaban J connectivity index is 1.43. The number of halogens is 1. The molecule has 1 fully saturated rings. The fourth-order valence-electron chi connectivity index (χ4n) is 3.68. The van der Waals surface area contributed by atoms with Crippen molar-refractivity contribution in [1.29, 1.82) is 0 Å². The number of methoxy groups -OCH3 is 2. The molecule has 0 aliphatic carbocycles. The first kappa shape index (κ1) is 20.2. The van der Waals surface area contributed by atoms with E-state index >= 15 is 0 Å². The van der Waals surface area contributed by atoms with E-state index < -0.39 is 0 Å². The van der Waals surface area contributed by atoms with Crippen LogP contribution in [0.5, 0.6) is 11.5 Å². The molecular formula is C21H24ClN5O3. The number of para-hydroxylation sites is 2. The van der Waals surface area contributed by atoms with E-state index in [1.165, 1.54) is 14.2 Å². The Labute approximate surface area is 179 Å². The molecule has 1 saturated heterocycles. The third-order valence-corrected chi connectivity index (χ3v) is 5.62. The number of anilines is 2. The maximum Gasteiger partial charge on any atom is 0.322 e. The Morgan fingerprint density at radius 2 is 1.77 bits per heavy atom. The van der Waals surface area contributed by atoms with Crippen LogP contribution < -0.4 is 19.7 Å². The molecule has 0 radical (unpaired) electrons. The summed E-state index contributed by atoms with van der Waals surface area (Å²) in [5.74, 6) is 1.89. The van der Waals surface area contributed by atoms with Gasteiger partial charge in [0.15, 0.2) is 0 Å². The number of carbonyl (C=O) groups is 1. The van der Waals surface area contributed by atoms with Crippen molar-refractivity contribution in [3.05, 3.63) is 41.4 Å². The number of amides is 2. The first-order chi connectivity index (χ1) is 14.5. The number of imidazole rings is 1. The molecule has 0 bridgehead atoms. The molecular weight excluding hydrogens is 406 g/mol. The van der Waals surface area contributed by atoms with E-state index in [0.717, 1.165) is 17.0 Å². The Morgan fingerprint density at radius 3 is 2.43 bits per heavy atom. The van der Waals surface area contributed by atoms with E-state index in [-0.39, 0.29) is 6.03 Å². The summed E-state index contributed by atoms with van der Waals surface area (Å²) in [5, 5.41) is 3.30. The number of piperazine rings is 1. The summed E-state index contributed by atoms with van der Waals surface area (Å²) in [6, 6.07) is 11.2. The Hall–Kier alpha value is -3.13. The van der Waals surface area contributed by atoms with Gasteiger partial charge >= 0.3 is 6.03 Å². The molecule has 3 aromatic rings. The molecule has 0 spiro atoms. The number of rotatable bonds is 4. The minimum atomic E-state index is -0.195. The van der Waals surface area contributed by atoms with Crippen LogP contribution in [-0.2, 0) is 7.05 Å². The van der Waals surface area contributed by atoms with Gasteiger partial charge in [0.05, 0.1) is 36.0 Å². The molecule has 1 aliphatic rings. The average molecular weight is 430 g/mol. The third-order valence-electron chi connectivity index (χ3n) is 5.33. The summed E-state index contributed by atoms with van der Waals surface area (Å²) < 4.78 is 12.6. The van der Waals surface area contributed by atoms with Crippen LogP contribution in [0.15, 0.2) is 36.4 Å². The molecule has 0 saturated carbocycles. The largest absolute Gasteiger partial charge is 0.495 e. The van der Waals surface area contributed by atoms with E-state index in [2.05, 4.69) is 20.9 Å². The van der Waals surface area contributed by atoms with Gasteiger partial charge in [-0.3, -0.25) is 0 Å². The van der Waals surface area contributed by atoms with Gasteiger partial charge in [0.1, 0.15) is 11.5 Å². The van der Waals surface area contributed by atoms with Gasteiger partial charge in [-0.15, -0.1) is 0 Å². The zero-order valence-electron chi connectivity index (χ0n) is 17.2. The minimum Gasteiger partial charge on any atom is -0.495 e. The highest BCUT2D eigenvalue weighted by atomic mass is 35.5. The summed E-state index contributed by atoms with van der Waals surface area (Å²) >= 11 is 6.20. The molecule has 4 rings (SSSR count). The van der Waals surface area contributed by atoms with E-state index in [1.54, 1.807) is 17.0 Å². The van der Waals surface area contributed by atoms with Crippen molar-refractivity contribution in [1.82, 2.24) is 14.5 Å². The SMILES string of the molecule is COc1cc(OC)c(NC(=O)N2CCN(c3nc4ccccc4n3C)CC2)cc1Cl. The summed E-state index contributed by atoms with van der Waals surface area (Å²) in [5.41, 5.74) is 2.57. The molecule has 1 aliphatic heterocycles. The van der Waals surface area contributed by atoms with Gasteiger partial charge in [-0.05, 0) is 18.2 Å². The van der Waals surface area contributed by atoms with Gasteiger partial charge in [-0.1, -0.05) is 23.7 Å². The second-order valence-corrected chi connectivity index (χ2v) is 7.46. The Kier molecular flexibility index (Phi) is 5.59. The molecule has 1 aromatic heterocycles. The number of carbonyl (C=O) groups excluding carboxylic acids is 1.